The van der Waals surface area contributed by atoms with Crippen LogP contribution < -0.4 is 0 Å². The molecule has 0 bridgehead atoms. The van der Waals surface area contributed by atoms with Gasteiger partial charge in [0.25, 0.3) is 0 Å². The molecule has 0 aromatic carbocycles. The van der Waals surface area contributed by atoms with Crippen LogP contribution in [0.2, 0.25) is 0 Å². The molecule has 1 N–H and O–H groups in total. The number of hydrogen-bond acceptors (Lipinski definition) is 3. The molecule has 0 aliphatic heterocycles. The van der Waals surface area contributed by atoms with Crippen LogP contribution in [0.1, 0.15) is 46.5 Å². The van der Waals surface area contributed by atoms with Crippen LogP contribution in [0.4, 0.5) is 0 Å². The average Bonchev–Trinajstić information content (AvgIpc) is 2.24. The number of carboxylic acid groups (broad SMARTS) is 1. The van der Waals surface area contributed by atoms with Crippen molar-refractivity contribution in [1.82, 2.24) is 0 Å². The third kappa shape index (κ3) is 4.28. The van der Waals surface area contributed by atoms with E-state index in [-0.39, 0.29) is 6.10 Å². The Balaban J connectivity index is 2.45. The highest BCUT2D eigenvalue weighted by molar-refractivity contribution is 5.77. The molecule has 0 spiro atoms. The van der Waals surface area contributed by atoms with E-state index in [0.717, 1.165) is 12.8 Å². The lowest BCUT2D eigenvalue weighted by Gasteiger charge is -2.36. The fourth-order valence-corrected chi connectivity index (χ4v) is 2.41. The van der Waals surface area contributed by atoms with E-state index in [0.29, 0.717) is 32.0 Å². The number of carbonyl (C=O) groups is 1. The van der Waals surface area contributed by atoms with Crippen LogP contribution in [0.3, 0.4) is 0 Å². The first-order valence-corrected chi connectivity index (χ1v) is 6.45. The quantitative estimate of drug-likeness (QED) is 0.729. The van der Waals surface area contributed by atoms with Gasteiger partial charge in [0.05, 0.1) is 19.3 Å². The summed E-state index contributed by atoms with van der Waals surface area (Å²) in [5.74, 6) is -0.403. The highest BCUT2D eigenvalue weighted by Gasteiger charge is 2.42. The molecule has 1 saturated carbocycles. The van der Waals surface area contributed by atoms with E-state index in [1.807, 2.05) is 13.8 Å². The second-order valence-electron chi connectivity index (χ2n) is 5.27. The molecule has 2 atom stereocenters. The van der Waals surface area contributed by atoms with Gasteiger partial charge in [0.2, 0.25) is 0 Å². The minimum absolute atomic E-state index is 0.157. The lowest BCUT2D eigenvalue weighted by Crippen LogP contribution is -2.46. The first kappa shape index (κ1) is 14.5. The molecule has 1 rings (SSSR count). The van der Waals surface area contributed by atoms with E-state index in [2.05, 4.69) is 6.92 Å². The lowest BCUT2D eigenvalue weighted by molar-refractivity contribution is -0.175. The summed E-state index contributed by atoms with van der Waals surface area (Å²) >= 11 is 0. The zero-order valence-electron chi connectivity index (χ0n) is 11.1. The van der Waals surface area contributed by atoms with Crippen LogP contribution >= 0.6 is 0 Å². The van der Waals surface area contributed by atoms with Crippen molar-refractivity contribution in [2.24, 2.45) is 5.92 Å². The van der Waals surface area contributed by atoms with Crippen molar-refractivity contribution < 1.29 is 19.4 Å². The van der Waals surface area contributed by atoms with Crippen molar-refractivity contribution in [2.45, 2.75) is 58.2 Å². The van der Waals surface area contributed by atoms with Crippen molar-refractivity contribution in [3.63, 3.8) is 0 Å². The van der Waals surface area contributed by atoms with Gasteiger partial charge in [-0.3, -0.25) is 0 Å². The van der Waals surface area contributed by atoms with Crippen molar-refractivity contribution in [3.8, 4) is 0 Å². The zero-order chi connectivity index (χ0) is 12.9. The fourth-order valence-electron chi connectivity index (χ4n) is 2.41. The molecule has 1 aliphatic carbocycles. The van der Waals surface area contributed by atoms with Gasteiger partial charge < -0.3 is 14.6 Å². The Morgan fingerprint density at radius 3 is 2.71 bits per heavy atom. The summed E-state index contributed by atoms with van der Waals surface area (Å²) in [6, 6.07) is 0. The van der Waals surface area contributed by atoms with Crippen LogP contribution in [0.15, 0.2) is 0 Å². The minimum atomic E-state index is -0.974. The number of carboxylic acids is 1. The molecule has 0 aromatic rings. The maximum Gasteiger partial charge on any atom is 0.335 e. The van der Waals surface area contributed by atoms with E-state index in [1.54, 1.807) is 0 Å². The molecule has 100 valence electrons. The van der Waals surface area contributed by atoms with Gasteiger partial charge in [0.1, 0.15) is 0 Å². The van der Waals surface area contributed by atoms with E-state index in [9.17, 15) is 9.90 Å². The van der Waals surface area contributed by atoms with Crippen molar-refractivity contribution in [3.05, 3.63) is 0 Å². The van der Waals surface area contributed by atoms with Crippen LogP contribution in [-0.2, 0) is 14.3 Å². The molecular formula is C13H24O4. The van der Waals surface area contributed by atoms with Gasteiger partial charge in [-0.15, -0.1) is 0 Å². The smallest absolute Gasteiger partial charge is 0.335 e. The lowest BCUT2D eigenvalue weighted by atomic mass is 9.79. The predicted molar refractivity (Wildman–Crippen MR) is 65.0 cm³/mol. The Morgan fingerprint density at radius 1 is 1.47 bits per heavy atom. The van der Waals surface area contributed by atoms with E-state index >= 15 is 0 Å². The highest BCUT2D eigenvalue weighted by Crippen LogP contribution is 2.35. The third-order valence-corrected chi connectivity index (χ3v) is 3.26. The fraction of sp³-hybridized carbons (Fsp3) is 0.923. The molecule has 4 nitrogen and oxygen atoms in total. The number of ether oxygens (including phenoxy) is 2. The normalized spacial score (nSPS) is 29.5. The molecule has 0 amide bonds. The molecule has 1 fully saturated rings. The maximum atomic E-state index is 11.4. The van der Waals surface area contributed by atoms with Gasteiger partial charge in [-0.1, -0.05) is 13.3 Å². The molecule has 4 heteroatoms. The van der Waals surface area contributed by atoms with Gasteiger partial charge >= 0.3 is 5.97 Å². The number of rotatable bonds is 6. The predicted octanol–water partition coefficient (Wildman–Crippen LogP) is 2.46. The molecule has 0 saturated heterocycles. The number of aliphatic carboxylic acids is 1. The second kappa shape index (κ2) is 6.36. The summed E-state index contributed by atoms with van der Waals surface area (Å²) in [7, 11) is 0. The third-order valence-electron chi connectivity index (χ3n) is 3.26. The van der Waals surface area contributed by atoms with Crippen LogP contribution in [-0.4, -0.2) is 36.0 Å². The molecule has 0 heterocycles. The van der Waals surface area contributed by atoms with Gasteiger partial charge in [0, 0.05) is 0 Å². The van der Waals surface area contributed by atoms with Crippen molar-refractivity contribution >= 4 is 5.97 Å². The first-order chi connectivity index (χ1) is 7.96. The topological polar surface area (TPSA) is 55.8 Å². The Labute approximate surface area is 103 Å². The Hall–Kier alpha value is -0.610. The monoisotopic (exact) mass is 244 g/mol. The Morgan fingerprint density at radius 2 is 2.18 bits per heavy atom. The Kier molecular flexibility index (Phi) is 5.40. The SMILES string of the molecule is CC1CCCC(OCCOC(C)C)(C(=O)O)C1. The van der Waals surface area contributed by atoms with Gasteiger partial charge in [0.15, 0.2) is 5.60 Å². The molecule has 17 heavy (non-hydrogen) atoms. The summed E-state index contributed by atoms with van der Waals surface area (Å²) in [6.07, 6.45) is 3.42. The molecule has 0 radical (unpaired) electrons. The van der Waals surface area contributed by atoms with Crippen molar-refractivity contribution in [2.75, 3.05) is 13.2 Å². The van der Waals surface area contributed by atoms with Crippen molar-refractivity contribution in [1.29, 1.82) is 0 Å². The van der Waals surface area contributed by atoms with Gasteiger partial charge in [-0.2, -0.15) is 0 Å². The average molecular weight is 244 g/mol. The van der Waals surface area contributed by atoms with Gasteiger partial charge in [-0.25, -0.2) is 4.79 Å². The van der Waals surface area contributed by atoms with Crippen LogP contribution in [0.25, 0.3) is 0 Å². The van der Waals surface area contributed by atoms with Gasteiger partial charge in [-0.05, 0) is 39.0 Å². The van der Waals surface area contributed by atoms with Crippen LogP contribution in [0, 0.1) is 5.92 Å². The van der Waals surface area contributed by atoms with E-state index in [4.69, 9.17) is 9.47 Å². The minimum Gasteiger partial charge on any atom is -0.479 e. The highest BCUT2D eigenvalue weighted by atomic mass is 16.6. The second-order valence-corrected chi connectivity index (χ2v) is 5.27. The molecule has 1 aliphatic rings. The molecule has 2 unspecified atom stereocenters. The van der Waals surface area contributed by atoms with Crippen LogP contribution in [0.5, 0.6) is 0 Å². The standard InChI is InChI=1S/C13H24O4/c1-10(2)16-7-8-17-13(12(14)15)6-4-5-11(3)9-13/h10-11H,4-9H2,1-3H3,(H,14,15). The van der Waals surface area contributed by atoms with E-state index in [1.165, 1.54) is 0 Å². The summed E-state index contributed by atoms with van der Waals surface area (Å²) < 4.78 is 11.0. The molecule has 0 aromatic heterocycles. The largest absolute Gasteiger partial charge is 0.479 e. The maximum absolute atomic E-state index is 11.4. The zero-order valence-corrected chi connectivity index (χ0v) is 11.1. The molecular weight excluding hydrogens is 220 g/mol. The summed E-state index contributed by atoms with van der Waals surface area (Å²) in [5, 5.41) is 9.35. The summed E-state index contributed by atoms with van der Waals surface area (Å²) in [6.45, 7) is 6.81. The Bertz CT molecular complexity index is 252. The summed E-state index contributed by atoms with van der Waals surface area (Å²) in [4.78, 5) is 11.4. The first-order valence-electron chi connectivity index (χ1n) is 6.45. The summed E-state index contributed by atoms with van der Waals surface area (Å²) in [5.41, 5.74) is -0.974. The number of hydrogen-bond donors (Lipinski definition) is 1. The van der Waals surface area contributed by atoms with E-state index < -0.39 is 11.6 Å².